The smallest absolute Gasteiger partial charge is 0.322 e. The highest BCUT2D eigenvalue weighted by molar-refractivity contribution is 7.89. The molecule has 0 aromatic rings. The van der Waals surface area contributed by atoms with Crippen LogP contribution in [0, 0.1) is 17.8 Å². The van der Waals surface area contributed by atoms with Crippen molar-refractivity contribution >= 4 is 21.9 Å². The molecule has 0 radical (unpaired) electrons. The summed E-state index contributed by atoms with van der Waals surface area (Å²) in [7, 11) is -3.70. The molecule has 41 heavy (non-hydrogen) atoms. The molecule has 0 saturated heterocycles. The molecule has 238 valence electrons. The van der Waals surface area contributed by atoms with E-state index in [4.69, 9.17) is 0 Å². The normalized spacial score (nSPS) is 24.1. The first-order valence-electron chi connectivity index (χ1n) is 16.8. The van der Waals surface area contributed by atoms with E-state index in [1.807, 2.05) is 13.8 Å². The topological polar surface area (TPSA) is 107 Å². The van der Waals surface area contributed by atoms with Crippen molar-refractivity contribution in [2.75, 3.05) is 26.2 Å². The van der Waals surface area contributed by atoms with Crippen molar-refractivity contribution in [3.63, 3.8) is 0 Å². The van der Waals surface area contributed by atoms with Gasteiger partial charge in [-0.2, -0.15) is 4.31 Å². The fourth-order valence-corrected chi connectivity index (χ4v) is 9.61. The summed E-state index contributed by atoms with van der Waals surface area (Å²) in [6, 6.07) is -0.552. The van der Waals surface area contributed by atoms with Crippen LogP contribution in [0.2, 0.25) is 0 Å². The van der Waals surface area contributed by atoms with Crippen LogP contribution in [0.3, 0.4) is 0 Å². The van der Waals surface area contributed by atoms with Gasteiger partial charge in [-0.3, -0.25) is 14.5 Å². The maximum Gasteiger partial charge on any atom is 0.322 e. The molecule has 3 rings (SSSR count). The molecule has 3 saturated carbocycles. The highest BCUT2D eigenvalue weighted by Crippen LogP contribution is 2.32. The fraction of sp³-hybridized carbons (Fsp3) is 0.938. The van der Waals surface area contributed by atoms with Crippen LogP contribution in [0.1, 0.15) is 130 Å². The molecule has 3 aliphatic carbocycles. The summed E-state index contributed by atoms with van der Waals surface area (Å²) in [6.07, 6.45) is 17.1. The molecule has 2 N–H and O–H groups in total. The number of unbranched alkanes of at least 4 members (excludes halogenated alkanes) is 1. The number of hydrogen-bond donors (Lipinski definition) is 2. The number of carboxylic acids is 1. The number of nitrogens with one attached hydrogen (secondary N) is 1. The molecule has 1 atom stereocenters. The molecule has 0 spiro atoms. The Bertz CT molecular complexity index is 891. The SMILES string of the molecule is CC(C)CN([C@@H](CCCCNC(=O)CN(CC1CCCCC1)C1CCCCC1)C(=O)O)S(=O)(=O)C1CCC(C)CC1. The van der Waals surface area contributed by atoms with Crippen LogP contribution in [-0.2, 0) is 19.6 Å². The number of aliphatic carboxylic acids is 1. The van der Waals surface area contributed by atoms with Gasteiger partial charge in [-0.25, -0.2) is 8.42 Å². The Hall–Kier alpha value is -1.19. The van der Waals surface area contributed by atoms with Crippen LogP contribution in [0.5, 0.6) is 0 Å². The Morgan fingerprint density at radius 1 is 0.878 bits per heavy atom. The first-order valence-corrected chi connectivity index (χ1v) is 18.3. The van der Waals surface area contributed by atoms with Gasteiger partial charge in [0.25, 0.3) is 0 Å². The van der Waals surface area contributed by atoms with Gasteiger partial charge in [0, 0.05) is 25.7 Å². The molecule has 1 amide bonds. The first kappa shape index (κ1) is 34.3. The Kier molecular flexibility index (Phi) is 14.4. The zero-order valence-electron chi connectivity index (χ0n) is 26.2. The van der Waals surface area contributed by atoms with Gasteiger partial charge in [-0.05, 0) is 88.4 Å². The van der Waals surface area contributed by atoms with E-state index >= 15 is 0 Å². The highest BCUT2D eigenvalue weighted by atomic mass is 32.2. The molecule has 3 aliphatic rings. The summed E-state index contributed by atoms with van der Waals surface area (Å²) in [5, 5.41) is 12.7. The number of rotatable bonds is 16. The van der Waals surface area contributed by atoms with Gasteiger partial charge in [-0.15, -0.1) is 0 Å². The van der Waals surface area contributed by atoms with Crippen LogP contribution >= 0.6 is 0 Å². The van der Waals surface area contributed by atoms with Gasteiger partial charge < -0.3 is 10.4 Å². The summed E-state index contributed by atoms with van der Waals surface area (Å²) >= 11 is 0. The van der Waals surface area contributed by atoms with E-state index < -0.39 is 27.3 Å². The van der Waals surface area contributed by atoms with Crippen molar-refractivity contribution in [3.05, 3.63) is 0 Å². The number of amides is 1. The maximum absolute atomic E-state index is 13.6. The Labute approximate surface area is 250 Å². The van der Waals surface area contributed by atoms with Crippen LogP contribution in [0.15, 0.2) is 0 Å². The summed E-state index contributed by atoms with van der Waals surface area (Å²) < 4.78 is 28.6. The van der Waals surface area contributed by atoms with Crippen molar-refractivity contribution in [2.24, 2.45) is 17.8 Å². The minimum absolute atomic E-state index is 0.0362. The average Bonchev–Trinajstić information content (AvgIpc) is 2.94. The van der Waals surface area contributed by atoms with Gasteiger partial charge in [0.1, 0.15) is 6.04 Å². The van der Waals surface area contributed by atoms with E-state index in [-0.39, 0.29) is 24.8 Å². The second-order valence-corrected chi connectivity index (χ2v) is 16.0. The summed E-state index contributed by atoms with van der Waals surface area (Å²) in [4.78, 5) is 27.7. The largest absolute Gasteiger partial charge is 0.480 e. The van der Waals surface area contributed by atoms with Gasteiger partial charge >= 0.3 is 5.97 Å². The minimum atomic E-state index is -3.70. The molecule has 9 heteroatoms. The van der Waals surface area contributed by atoms with E-state index in [9.17, 15) is 23.1 Å². The first-order chi connectivity index (χ1) is 19.6. The average molecular weight is 598 g/mol. The standard InChI is InChI=1S/C32H59N3O5S/c1-25(2)22-35(41(39,40)29-19-17-26(3)18-20-29)30(32(37)38)16-10-11-21-33-31(36)24-34(28-14-8-5-9-15-28)23-27-12-6-4-7-13-27/h25-30H,4-24H2,1-3H3,(H,33,36)(H,37,38)/t26?,29?,30-/m0/s1. The highest BCUT2D eigenvalue weighted by Gasteiger charge is 2.40. The lowest BCUT2D eigenvalue weighted by Crippen LogP contribution is -2.50. The molecule has 0 aromatic heterocycles. The lowest BCUT2D eigenvalue weighted by Gasteiger charge is -2.37. The lowest BCUT2D eigenvalue weighted by atomic mass is 9.87. The molecule has 3 fully saturated rings. The predicted octanol–water partition coefficient (Wildman–Crippen LogP) is 5.81. The maximum atomic E-state index is 13.6. The van der Waals surface area contributed by atoms with Crippen molar-refractivity contribution in [2.45, 2.75) is 147 Å². The van der Waals surface area contributed by atoms with Crippen LogP contribution in [-0.4, -0.2) is 78.1 Å². The molecule has 0 bridgehead atoms. The fourth-order valence-electron chi connectivity index (χ4n) is 7.30. The van der Waals surface area contributed by atoms with Crippen LogP contribution in [0.4, 0.5) is 0 Å². The molecule has 0 unspecified atom stereocenters. The van der Waals surface area contributed by atoms with Gasteiger partial charge in [0.2, 0.25) is 15.9 Å². The van der Waals surface area contributed by atoms with Gasteiger partial charge in [0.05, 0.1) is 11.8 Å². The van der Waals surface area contributed by atoms with Gasteiger partial charge in [0.15, 0.2) is 0 Å². The van der Waals surface area contributed by atoms with Crippen molar-refractivity contribution in [3.8, 4) is 0 Å². The van der Waals surface area contributed by atoms with E-state index in [1.165, 1.54) is 68.5 Å². The molecule has 0 aromatic carbocycles. The molecular weight excluding hydrogens is 538 g/mol. The minimum Gasteiger partial charge on any atom is -0.480 e. The third-order valence-electron chi connectivity index (χ3n) is 9.77. The molecule has 8 nitrogen and oxygen atoms in total. The Morgan fingerprint density at radius 2 is 1.49 bits per heavy atom. The van der Waals surface area contributed by atoms with E-state index in [0.29, 0.717) is 56.7 Å². The predicted molar refractivity (Wildman–Crippen MR) is 165 cm³/mol. The van der Waals surface area contributed by atoms with Crippen LogP contribution in [0.25, 0.3) is 0 Å². The van der Waals surface area contributed by atoms with E-state index in [2.05, 4.69) is 17.1 Å². The van der Waals surface area contributed by atoms with Crippen molar-refractivity contribution < 1.29 is 23.1 Å². The number of carbonyl (C=O) groups excluding carboxylic acids is 1. The number of nitrogens with zero attached hydrogens (tertiary/aromatic N) is 2. The Morgan fingerprint density at radius 3 is 2.07 bits per heavy atom. The number of carbonyl (C=O) groups is 2. The molecule has 0 aliphatic heterocycles. The van der Waals surface area contributed by atoms with Crippen molar-refractivity contribution in [1.82, 2.24) is 14.5 Å². The number of sulfonamides is 1. The van der Waals surface area contributed by atoms with Crippen molar-refractivity contribution in [1.29, 1.82) is 0 Å². The second-order valence-electron chi connectivity index (χ2n) is 13.8. The Balaban J connectivity index is 1.50. The third-order valence-corrected chi connectivity index (χ3v) is 12.1. The zero-order chi connectivity index (χ0) is 29.8. The monoisotopic (exact) mass is 597 g/mol. The van der Waals surface area contributed by atoms with E-state index in [1.54, 1.807) is 0 Å². The summed E-state index contributed by atoms with van der Waals surface area (Å²) in [6.45, 7) is 8.20. The van der Waals surface area contributed by atoms with Gasteiger partial charge in [-0.1, -0.05) is 59.3 Å². The third kappa shape index (κ3) is 11.1. The molecule has 0 heterocycles. The second kappa shape index (κ2) is 17.2. The molecular formula is C32H59N3O5S. The zero-order valence-corrected chi connectivity index (χ0v) is 27.0. The quantitative estimate of drug-likeness (QED) is 0.218. The number of carboxylic acid groups (broad SMARTS) is 1. The summed E-state index contributed by atoms with van der Waals surface area (Å²) in [5.74, 6) is 0.236. The van der Waals surface area contributed by atoms with Crippen LogP contribution < -0.4 is 5.32 Å². The van der Waals surface area contributed by atoms with E-state index in [0.717, 1.165) is 19.4 Å². The number of hydrogen-bond acceptors (Lipinski definition) is 5. The summed E-state index contributed by atoms with van der Waals surface area (Å²) in [5.41, 5.74) is 0. The lowest BCUT2D eigenvalue weighted by molar-refractivity contribution is -0.142.